The molecular formula is C12H17N3O2. The Kier molecular flexibility index (Phi) is 3.40. The summed E-state index contributed by atoms with van der Waals surface area (Å²) in [4.78, 5) is 14.8. The summed E-state index contributed by atoms with van der Waals surface area (Å²) in [6.45, 7) is 3.45. The molecular weight excluding hydrogens is 218 g/mol. The SMILES string of the molecule is C[C@@H](NC1(CC(=O)O)CNC1)c1ccncc1. The lowest BCUT2D eigenvalue weighted by atomic mass is 9.87. The molecule has 3 N–H and O–H groups in total. The van der Waals surface area contributed by atoms with E-state index in [1.807, 2.05) is 19.1 Å². The molecule has 1 aromatic heterocycles. The Labute approximate surface area is 100 Å². The number of hydrogen-bond donors (Lipinski definition) is 3. The van der Waals surface area contributed by atoms with E-state index in [0.29, 0.717) is 13.1 Å². The Morgan fingerprint density at radius 3 is 2.71 bits per heavy atom. The number of carbonyl (C=O) groups is 1. The number of pyridine rings is 1. The maximum Gasteiger partial charge on any atom is 0.305 e. The quantitative estimate of drug-likeness (QED) is 0.695. The molecule has 5 heteroatoms. The highest BCUT2D eigenvalue weighted by atomic mass is 16.4. The van der Waals surface area contributed by atoms with Crippen LogP contribution in [0, 0.1) is 0 Å². The molecule has 1 fully saturated rings. The number of aliphatic carboxylic acids is 1. The zero-order chi connectivity index (χ0) is 12.3. The van der Waals surface area contributed by atoms with Gasteiger partial charge >= 0.3 is 5.97 Å². The Morgan fingerprint density at radius 2 is 2.24 bits per heavy atom. The van der Waals surface area contributed by atoms with E-state index in [1.54, 1.807) is 12.4 Å². The highest BCUT2D eigenvalue weighted by molar-refractivity contribution is 5.68. The number of hydrogen-bond acceptors (Lipinski definition) is 4. The van der Waals surface area contributed by atoms with Gasteiger partial charge in [0.1, 0.15) is 0 Å². The van der Waals surface area contributed by atoms with Crippen molar-refractivity contribution in [2.24, 2.45) is 0 Å². The van der Waals surface area contributed by atoms with Crippen molar-refractivity contribution in [2.45, 2.75) is 24.9 Å². The summed E-state index contributed by atoms with van der Waals surface area (Å²) in [6, 6.07) is 4.01. The minimum Gasteiger partial charge on any atom is -0.481 e. The van der Waals surface area contributed by atoms with Gasteiger partial charge in [-0.1, -0.05) is 0 Å². The first-order valence-corrected chi connectivity index (χ1v) is 5.71. The Hall–Kier alpha value is -1.46. The maximum absolute atomic E-state index is 10.8. The van der Waals surface area contributed by atoms with Crippen molar-refractivity contribution < 1.29 is 9.90 Å². The van der Waals surface area contributed by atoms with E-state index in [9.17, 15) is 4.79 Å². The topological polar surface area (TPSA) is 74.2 Å². The van der Waals surface area contributed by atoms with Gasteiger partial charge in [-0.15, -0.1) is 0 Å². The van der Waals surface area contributed by atoms with Crippen molar-refractivity contribution in [1.29, 1.82) is 0 Å². The summed E-state index contributed by atoms with van der Waals surface area (Å²) in [5, 5.41) is 15.5. The highest BCUT2D eigenvalue weighted by Crippen LogP contribution is 2.22. The second-order valence-corrected chi connectivity index (χ2v) is 4.60. The fourth-order valence-corrected chi connectivity index (χ4v) is 2.19. The van der Waals surface area contributed by atoms with E-state index >= 15 is 0 Å². The first-order chi connectivity index (χ1) is 8.11. The van der Waals surface area contributed by atoms with Crippen molar-refractivity contribution >= 4 is 5.97 Å². The van der Waals surface area contributed by atoms with Crippen molar-refractivity contribution in [3.05, 3.63) is 30.1 Å². The minimum atomic E-state index is -0.763. The van der Waals surface area contributed by atoms with Gasteiger partial charge in [0.25, 0.3) is 0 Å². The molecule has 1 aliphatic rings. The van der Waals surface area contributed by atoms with E-state index in [4.69, 9.17) is 5.11 Å². The van der Waals surface area contributed by atoms with Crippen molar-refractivity contribution in [1.82, 2.24) is 15.6 Å². The van der Waals surface area contributed by atoms with Gasteiger partial charge in [-0.2, -0.15) is 0 Å². The summed E-state index contributed by atoms with van der Waals surface area (Å²) in [6.07, 6.45) is 3.64. The number of rotatable bonds is 5. The summed E-state index contributed by atoms with van der Waals surface area (Å²) < 4.78 is 0. The van der Waals surface area contributed by atoms with Crippen LogP contribution in [-0.2, 0) is 4.79 Å². The predicted octanol–water partition coefficient (Wildman–Crippen LogP) is 0.549. The van der Waals surface area contributed by atoms with Gasteiger partial charge in [0, 0.05) is 31.5 Å². The molecule has 92 valence electrons. The third kappa shape index (κ3) is 2.81. The van der Waals surface area contributed by atoms with Crippen LogP contribution >= 0.6 is 0 Å². The molecule has 0 amide bonds. The van der Waals surface area contributed by atoms with Gasteiger partial charge < -0.3 is 15.7 Å². The third-order valence-corrected chi connectivity index (χ3v) is 3.15. The molecule has 0 saturated carbocycles. The number of carboxylic acid groups (broad SMARTS) is 1. The van der Waals surface area contributed by atoms with Crippen LogP contribution in [0.25, 0.3) is 0 Å². The van der Waals surface area contributed by atoms with Crippen LogP contribution in [0.5, 0.6) is 0 Å². The predicted molar refractivity (Wildman–Crippen MR) is 63.6 cm³/mol. The molecule has 1 aliphatic heterocycles. The van der Waals surface area contributed by atoms with Gasteiger partial charge in [0.2, 0.25) is 0 Å². The molecule has 1 saturated heterocycles. The average Bonchev–Trinajstić information content (AvgIpc) is 2.26. The van der Waals surface area contributed by atoms with Crippen LogP contribution in [0.1, 0.15) is 24.9 Å². The normalized spacial score (nSPS) is 19.4. The monoisotopic (exact) mass is 235 g/mol. The van der Waals surface area contributed by atoms with Gasteiger partial charge in [-0.05, 0) is 24.6 Å². The summed E-state index contributed by atoms with van der Waals surface area (Å²) >= 11 is 0. The molecule has 1 atom stereocenters. The summed E-state index contributed by atoms with van der Waals surface area (Å²) in [5.41, 5.74) is 0.811. The van der Waals surface area contributed by atoms with Crippen LogP contribution in [0.3, 0.4) is 0 Å². The minimum absolute atomic E-state index is 0.124. The number of carboxylic acids is 1. The molecule has 0 bridgehead atoms. The van der Waals surface area contributed by atoms with Gasteiger partial charge in [0.05, 0.1) is 12.0 Å². The molecule has 2 rings (SSSR count). The first-order valence-electron chi connectivity index (χ1n) is 5.71. The standard InChI is InChI=1S/C12H17N3O2/c1-9(10-2-4-13-5-3-10)15-12(6-11(16)17)7-14-8-12/h2-5,9,14-15H,6-8H2,1H3,(H,16,17)/t9-/m1/s1. The zero-order valence-electron chi connectivity index (χ0n) is 9.81. The molecule has 0 aromatic carbocycles. The van der Waals surface area contributed by atoms with Gasteiger partial charge in [0.15, 0.2) is 0 Å². The fourth-order valence-electron chi connectivity index (χ4n) is 2.19. The maximum atomic E-state index is 10.8. The van der Waals surface area contributed by atoms with Crippen molar-refractivity contribution in [2.75, 3.05) is 13.1 Å². The van der Waals surface area contributed by atoms with E-state index in [1.165, 1.54) is 0 Å². The van der Waals surface area contributed by atoms with Crippen LogP contribution in [-0.4, -0.2) is 34.7 Å². The summed E-state index contributed by atoms with van der Waals surface area (Å²) in [7, 11) is 0. The number of nitrogens with zero attached hydrogens (tertiary/aromatic N) is 1. The van der Waals surface area contributed by atoms with Crippen LogP contribution in [0.15, 0.2) is 24.5 Å². The molecule has 17 heavy (non-hydrogen) atoms. The number of aromatic nitrogens is 1. The van der Waals surface area contributed by atoms with Gasteiger partial charge in [-0.25, -0.2) is 0 Å². The first kappa shape index (κ1) is 12.0. The van der Waals surface area contributed by atoms with Crippen molar-refractivity contribution in [3.8, 4) is 0 Å². The highest BCUT2D eigenvalue weighted by Gasteiger charge is 2.39. The largest absolute Gasteiger partial charge is 0.481 e. The molecule has 2 heterocycles. The lowest BCUT2D eigenvalue weighted by Crippen LogP contribution is -2.68. The Balaban J connectivity index is 2.02. The summed E-state index contributed by atoms with van der Waals surface area (Å²) in [5.74, 6) is -0.763. The number of nitrogens with one attached hydrogen (secondary N) is 2. The molecule has 0 spiro atoms. The van der Waals surface area contributed by atoms with E-state index < -0.39 is 5.97 Å². The van der Waals surface area contributed by atoms with E-state index in [2.05, 4.69) is 15.6 Å². The van der Waals surface area contributed by atoms with E-state index in [0.717, 1.165) is 5.56 Å². The Bertz CT molecular complexity index is 390. The molecule has 5 nitrogen and oxygen atoms in total. The van der Waals surface area contributed by atoms with Crippen LogP contribution in [0.2, 0.25) is 0 Å². The molecule has 0 radical (unpaired) electrons. The van der Waals surface area contributed by atoms with Crippen LogP contribution < -0.4 is 10.6 Å². The zero-order valence-corrected chi connectivity index (χ0v) is 9.81. The average molecular weight is 235 g/mol. The second kappa shape index (κ2) is 4.81. The molecule has 0 unspecified atom stereocenters. The smallest absolute Gasteiger partial charge is 0.305 e. The lowest BCUT2D eigenvalue weighted by molar-refractivity contribution is -0.139. The van der Waals surface area contributed by atoms with Crippen LogP contribution in [0.4, 0.5) is 0 Å². The lowest BCUT2D eigenvalue weighted by Gasteiger charge is -2.44. The van der Waals surface area contributed by atoms with Gasteiger partial charge in [-0.3, -0.25) is 9.78 Å². The third-order valence-electron chi connectivity index (χ3n) is 3.15. The van der Waals surface area contributed by atoms with Crippen molar-refractivity contribution in [3.63, 3.8) is 0 Å². The van der Waals surface area contributed by atoms with E-state index in [-0.39, 0.29) is 18.0 Å². The fraction of sp³-hybridized carbons (Fsp3) is 0.500. The second-order valence-electron chi connectivity index (χ2n) is 4.60. The molecule has 1 aromatic rings. The Morgan fingerprint density at radius 1 is 1.59 bits per heavy atom. The molecule has 0 aliphatic carbocycles.